The minimum Gasteiger partial charge on any atom is -0.487 e. The van der Waals surface area contributed by atoms with Crippen LogP contribution in [0.4, 0.5) is 13.2 Å². The number of H-pyrrole nitrogens is 1. The van der Waals surface area contributed by atoms with Crippen molar-refractivity contribution in [2.45, 2.75) is 19.7 Å². The molecular weight excluding hydrogens is 517 g/mol. The number of rotatable bonds is 5. The molecule has 0 atom stereocenters. The predicted octanol–water partition coefficient (Wildman–Crippen LogP) is 6.20. The van der Waals surface area contributed by atoms with Crippen molar-refractivity contribution >= 4 is 0 Å². The molecule has 6 nitrogen and oxygen atoms in total. The fourth-order valence-corrected chi connectivity index (χ4v) is 3.96. The van der Waals surface area contributed by atoms with E-state index in [-0.39, 0.29) is 24.0 Å². The molecule has 3 aromatic carbocycles. The van der Waals surface area contributed by atoms with Crippen molar-refractivity contribution in [3.05, 3.63) is 130 Å². The van der Waals surface area contributed by atoms with E-state index < -0.39 is 23.0 Å². The zero-order chi connectivity index (χ0) is 28.1. The van der Waals surface area contributed by atoms with Gasteiger partial charge >= 0.3 is 11.9 Å². The number of aryl methyl sites for hydroxylation is 1. The van der Waals surface area contributed by atoms with E-state index in [4.69, 9.17) is 4.74 Å². The third-order valence-corrected chi connectivity index (χ3v) is 5.83. The van der Waals surface area contributed by atoms with E-state index in [1.54, 1.807) is 42.6 Å². The topological polar surface area (TPSA) is 80.8 Å². The maximum Gasteiger partial charge on any atom is 0.417 e. The van der Waals surface area contributed by atoms with Gasteiger partial charge in [0.15, 0.2) is 5.82 Å². The van der Waals surface area contributed by atoms with Gasteiger partial charge in [-0.3, -0.25) is 9.97 Å². The third-order valence-electron chi connectivity index (χ3n) is 5.83. The van der Waals surface area contributed by atoms with Gasteiger partial charge in [-0.2, -0.15) is 18.2 Å². The van der Waals surface area contributed by atoms with Gasteiger partial charge in [0, 0.05) is 22.9 Å². The fourth-order valence-electron chi connectivity index (χ4n) is 3.96. The summed E-state index contributed by atoms with van der Waals surface area (Å²) in [5, 5.41) is 0. The third kappa shape index (κ3) is 6.25. The Morgan fingerprint density at radius 2 is 1.60 bits per heavy atom. The second-order valence-electron chi connectivity index (χ2n) is 8.81. The van der Waals surface area contributed by atoms with Crippen LogP contribution in [0.5, 0.6) is 5.75 Å². The molecule has 2 aromatic heterocycles. The summed E-state index contributed by atoms with van der Waals surface area (Å²) in [6, 6.07) is 23.3. The first kappa shape index (κ1) is 26.4. The lowest BCUT2D eigenvalue weighted by Gasteiger charge is -2.17. The summed E-state index contributed by atoms with van der Waals surface area (Å²) in [7, 11) is 0. The van der Waals surface area contributed by atoms with Gasteiger partial charge in [0.05, 0.1) is 16.8 Å². The number of benzene rings is 3. The van der Waals surface area contributed by atoms with Crippen LogP contribution in [0.2, 0.25) is 0 Å². The van der Waals surface area contributed by atoms with Crippen molar-refractivity contribution in [2.75, 3.05) is 0 Å². The lowest BCUT2D eigenvalue weighted by Crippen LogP contribution is -2.17. The zero-order valence-corrected chi connectivity index (χ0v) is 21.2. The number of aromatic nitrogens is 4. The monoisotopic (exact) mass is 538 g/mol. The van der Waals surface area contributed by atoms with Gasteiger partial charge in [0.25, 0.3) is 0 Å². The van der Waals surface area contributed by atoms with Gasteiger partial charge in [-0.1, -0.05) is 36.1 Å². The van der Waals surface area contributed by atoms with Gasteiger partial charge in [0.2, 0.25) is 0 Å². The number of pyridine rings is 1. The highest BCUT2D eigenvalue weighted by Crippen LogP contribution is 2.41. The van der Waals surface area contributed by atoms with Crippen LogP contribution in [0.3, 0.4) is 0 Å². The molecule has 0 aliphatic carbocycles. The van der Waals surface area contributed by atoms with Crippen molar-refractivity contribution in [1.29, 1.82) is 0 Å². The molecule has 0 spiro atoms. The zero-order valence-electron chi connectivity index (χ0n) is 21.2. The van der Waals surface area contributed by atoms with E-state index in [2.05, 4.69) is 31.8 Å². The van der Waals surface area contributed by atoms with E-state index >= 15 is 0 Å². The lowest BCUT2D eigenvalue weighted by atomic mass is 10.0. The number of halogens is 3. The van der Waals surface area contributed by atoms with Gasteiger partial charge in [-0.15, -0.1) is 0 Å². The van der Waals surface area contributed by atoms with Crippen molar-refractivity contribution in [2.24, 2.45) is 0 Å². The Morgan fingerprint density at radius 1 is 0.875 bits per heavy atom. The largest absolute Gasteiger partial charge is 0.487 e. The summed E-state index contributed by atoms with van der Waals surface area (Å²) in [4.78, 5) is 27.2. The molecular formula is C31H21F3N4O2. The summed E-state index contributed by atoms with van der Waals surface area (Å²) >= 11 is 0. The predicted molar refractivity (Wildman–Crippen MR) is 144 cm³/mol. The first-order chi connectivity index (χ1) is 19.3. The fraction of sp³-hybridized carbons (Fsp3) is 0.0968. The van der Waals surface area contributed by atoms with E-state index in [0.29, 0.717) is 16.8 Å². The second-order valence-corrected chi connectivity index (χ2v) is 8.81. The molecule has 0 bridgehead atoms. The number of hydrogen-bond donors (Lipinski definition) is 1. The van der Waals surface area contributed by atoms with Crippen LogP contribution in [-0.4, -0.2) is 19.9 Å². The SMILES string of the molecule is Cc1ccnc(COc2cccc(C(F)(F)F)c2-c2nc(-c3ccc(C#Cc4ccccc4)cc3)nc(=O)[nH]2)c1. The number of nitrogens with one attached hydrogen (secondary N) is 1. The van der Waals surface area contributed by atoms with Crippen LogP contribution in [0.15, 0.2) is 95.9 Å². The van der Waals surface area contributed by atoms with Crippen molar-refractivity contribution in [3.8, 4) is 40.4 Å². The van der Waals surface area contributed by atoms with Crippen molar-refractivity contribution < 1.29 is 17.9 Å². The molecule has 5 rings (SSSR count). The van der Waals surface area contributed by atoms with E-state index in [1.165, 1.54) is 12.1 Å². The Balaban J connectivity index is 1.51. The number of hydrogen-bond acceptors (Lipinski definition) is 5. The Labute approximate surface area is 227 Å². The molecule has 0 unspecified atom stereocenters. The first-order valence-corrected chi connectivity index (χ1v) is 12.2. The van der Waals surface area contributed by atoms with E-state index in [0.717, 1.165) is 17.2 Å². The van der Waals surface area contributed by atoms with Crippen LogP contribution in [0.25, 0.3) is 22.8 Å². The summed E-state index contributed by atoms with van der Waals surface area (Å²) in [6.07, 6.45) is -3.15. The molecule has 5 aromatic rings. The summed E-state index contributed by atoms with van der Waals surface area (Å²) in [5.41, 5.74) is 1.22. The highest BCUT2D eigenvalue weighted by molar-refractivity contribution is 5.71. The molecule has 0 radical (unpaired) electrons. The molecule has 40 heavy (non-hydrogen) atoms. The molecule has 9 heteroatoms. The molecule has 0 aliphatic rings. The minimum atomic E-state index is -4.74. The van der Waals surface area contributed by atoms with Crippen LogP contribution < -0.4 is 10.4 Å². The van der Waals surface area contributed by atoms with Gasteiger partial charge in [0.1, 0.15) is 18.2 Å². The van der Waals surface area contributed by atoms with E-state index in [1.807, 2.05) is 37.3 Å². The highest BCUT2D eigenvalue weighted by atomic mass is 19.4. The first-order valence-electron chi connectivity index (χ1n) is 12.2. The average Bonchev–Trinajstić information content (AvgIpc) is 2.95. The van der Waals surface area contributed by atoms with Gasteiger partial charge in [-0.25, -0.2) is 9.78 Å². The summed E-state index contributed by atoms with van der Waals surface area (Å²) < 4.78 is 48.0. The number of alkyl halides is 3. The number of aromatic amines is 1. The molecule has 1 N–H and O–H groups in total. The Bertz CT molecular complexity index is 1770. The highest BCUT2D eigenvalue weighted by Gasteiger charge is 2.36. The van der Waals surface area contributed by atoms with Gasteiger partial charge < -0.3 is 4.74 Å². The Kier molecular flexibility index (Phi) is 7.42. The van der Waals surface area contributed by atoms with Crippen LogP contribution in [0, 0.1) is 18.8 Å². The average molecular weight is 539 g/mol. The molecule has 0 saturated heterocycles. The maximum absolute atomic E-state index is 14.1. The standard InChI is InChI=1S/C31H21F3N4O2/c1-20-16-17-35-24(18-20)19-40-26-9-5-8-25(31(32,33)34)27(26)29-36-28(37-30(39)38-29)23-14-12-22(13-15-23)11-10-21-6-3-2-4-7-21/h2-9,12-18H,19H2,1H3,(H,36,37,38,39). The molecule has 0 fully saturated rings. The normalized spacial score (nSPS) is 11.0. The van der Waals surface area contributed by atoms with Crippen LogP contribution in [0.1, 0.15) is 27.9 Å². The summed E-state index contributed by atoms with van der Waals surface area (Å²) in [5.74, 6) is 5.64. The minimum absolute atomic E-state index is 0.0374. The Morgan fingerprint density at radius 3 is 2.30 bits per heavy atom. The van der Waals surface area contributed by atoms with Crippen LogP contribution in [-0.2, 0) is 12.8 Å². The quantitative estimate of drug-likeness (QED) is 0.270. The maximum atomic E-state index is 14.1. The van der Waals surface area contributed by atoms with Crippen molar-refractivity contribution in [1.82, 2.24) is 19.9 Å². The molecule has 0 saturated carbocycles. The summed E-state index contributed by atoms with van der Waals surface area (Å²) in [6.45, 7) is 1.79. The Hall–Kier alpha value is -5.23. The van der Waals surface area contributed by atoms with Crippen molar-refractivity contribution in [3.63, 3.8) is 0 Å². The number of ether oxygens (including phenoxy) is 1. The van der Waals surface area contributed by atoms with E-state index in [9.17, 15) is 18.0 Å². The molecule has 0 amide bonds. The number of nitrogens with zero attached hydrogens (tertiary/aromatic N) is 3. The molecule has 0 aliphatic heterocycles. The molecule has 2 heterocycles. The smallest absolute Gasteiger partial charge is 0.417 e. The lowest BCUT2D eigenvalue weighted by molar-refractivity contribution is -0.137. The second kappa shape index (κ2) is 11.3. The van der Waals surface area contributed by atoms with Gasteiger partial charge in [-0.05, 0) is 73.2 Å². The molecule has 198 valence electrons. The van der Waals surface area contributed by atoms with Crippen LogP contribution >= 0.6 is 0 Å².